The highest BCUT2D eigenvalue weighted by molar-refractivity contribution is 7.89. The van der Waals surface area contributed by atoms with Gasteiger partial charge in [-0.2, -0.15) is 4.31 Å². The fraction of sp³-hybridized carbons (Fsp3) is 0.278. The first-order valence-corrected chi connectivity index (χ1v) is 9.32. The van der Waals surface area contributed by atoms with Crippen LogP contribution in [-0.4, -0.2) is 31.7 Å². The Labute approximate surface area is 148 Å². The lowest BCUT2D eigenvalue weighted by atomic mass is 10.1. The monoisotopic (exact) mass is 361 g/mol. The molecule has 7 heteroatoms. The molecule has 0 aliphatic carbocycles. The molecule has 0 heterocycles. The molecule has 0 aliphatic heterocycles. The van der Waals surface area contributed by atoms with E-state index < -0.39 is 15.9 Å². The van der Waals surface area contributed by atoms with Gasteiger partial charge in [-0.25, -0.2) is 8.42 Å². The van der Waals surface area contributed by atoms with Gasteiger partial charge in [0.05, 0.1) is 4.90 Å². The van der Waals surface area contributed by atoms with Crippen LogP contribution in [0, 0.1) is 6.92 Å². The number of nitrogens with two attached hydrogens (primary N) is 1. The van der Waals surface area contributed by atoms with Gasteiger partial charge in [0.2, 0.25) is 10.0 Å². The number of rotatable bonds is 5. The molecule has 0 aliphatic rings. The Kier molecular flexibility index (Phi) is 5.49. The third kappa shape index (κ3) is 4.18. The van der Waals surface area contributed by atoms with Gasteiger partial charge < -0.3 is 11.1 Å². The zero-order valence-corrected chi connectivity index (χ0v) is 15.6. The number of anilines is 2. The Morgan fingerprint density at radius 2 is 1.84 bits per heavy atom. The van der Waals surface area contributed by atoms with E-state index >= 15 is 0 Å². The quantitative estimate of drug-likeness (QED) is 0.801. The van der Waals surface area contributed by atoms with E-state index in [0.717, 1.165) is 5.56 Å². The van der Waals surface area contributed by atoms with Crippen LogP contribution in [0.4, 0.5) is 11.4 Å². The number of sulfonamides is 1. The second-order valence-corrected chi connectivity index (χ2v) is 8.17. The van der Waals surface area contributed by atoms with E-state index in [0.29, 0.717) is 11.4 Å². The van der Waals surface area contributed by atoms with E-state index in [1.165, 1.54) is 23.5 Å². The minimum atomic E-state index is -3.65. The van der Waals surface area contributed by atoms with Crippen molar-refractivity contribution in [2.24, 2.45) is 0 Å². The minimum absolute atomic E-state index is 0.0839. The van der Waals surface area contributed by atoms with Gasteiger partial charge in [-0.15, -0.1) is 0 Å². The first-order chi connectivity index (χ1) is 11.6. The van der Waals surface area contributed by atoms with E-state index in [9.17, 15) is 13.2 Å². The van der Waals surface area contributed by atoms with E-state index in [1.807, 2.05) is 13.0 Å². The van der Waals surface area contributed by atoms with Crippen molar-refractivity contribution >= 4 is 27.3 Å². The lowest BCUT2D eigenvalue weighted by Gasteiger charge is -2.21. The molecule has 2 aromatic rings. The molecule has 0 saturated carbocycles. The number of aryl methyl sites for hydroxylation is 1. The van der Waals surface area contributed by atoms with Crippen LogP contribution in [0.25, 0.3) is 0 Å². The number of carbonyl (C=O) groups is 1. The highest BCUT2D eigenvalue weighted by atomic mass is 32.2. The molecule has 6 nitrogen and oxygen atoms in total. The Morgan fingerprint density at radius 3 is 2.48 bits per heavy atom. The number of amides is 1. The molecule has 0 saturated heterocycles. The van der Waals surface area contributed by atoms with Gasteiger partial charge in [-0.3, -0.25) is 4.79 Å². The van der Waals surface area contributed by atoms with Gasteiger partial charge in [-0.05, 0) is 56.7 Å². The number of benzene rings is 2. The highest BCUT2D eigenvalue weighted by Crippen LogP contribution is 2.21. The van der Waals surface area contributed by atoms with E-state index in [4.69, 9.17) is 5.73 Å². The maximum Gasteiger partial charge on any atom is 0.255 e. The summed E-state index contributed by atoms with van der Waals surface area (Å²) in [5.41, 5.74) is 8.01. The Morgan fingerprint density at radius 1 is 1.16 bits per heavy atom. The maximum atomic E-state index is 12.6. The van der Waals surface area contributed by atoms with Crippen LogP contribution in [-0.2, 0) is 10.0 Å². The van der Waals surface area contributed by atoms with Gasteiger partial charge in [0.15, 0.2) is 0 Å². The molecule has 0 atom stereocenters. The molecule has 134 valence electrons. The van der Waals surface area contributed by atoms with Crippen LogP contribution in [0.5, 0.6) is 0 Å². The zero-order chi connectivity index (χ0) is 18.8. The number of nitrogens with zero attached hydrogens (tertiary/aromatic N) is 1. The number of nitrogens with one attached hydrogen (secondary N) is 1. The molecule has 2 aromatic carbocycles. The summed E-state index contributed by atoms with van der Waals surface area (Å²) in [6, 6.07) is 11.0. The van der Waals surface area contributed by atoms with Gasteiger partial charge in [0, 0.05) is 30.0 Å². The predicted octanol–water partition coefficient (Wildman–Crippen LogP) is 2.86. The fourth-order valence-electron chi connectivity index (χ4n) is 2.21. The SMILES string of the molecule is Cc1ccc(N)cc1NC(=O)c1cccc(S(=O)(=O)N(C)C(C)C)c1. The molecular weight excluding hydrogens is 338 g/mol. The van der Waals surface area contributed by atoms with Gasteiger partial charge in [0.25, 0.3) is 5.91 Å². The molecule has 0 radical (unpaired) electrons. The van der Waals surface area contributed by atoms with Gasteiger partial charge in [-0.1, -0.05) is 12.1 Å². The smallest absolute Gasteiger partial charge is 0.255 e. The van der Waals surface area contributed by atoms with Crippen molar-refractivity contribution in [1.29, 1.82) is 0 Å². The second kappa shape index (κ2) is 7.25. The summed E-state index contributed by atoms with van der Waals surface area (Å²) in [5.74, 6) is -0.391. The molecule has 0 fully saturated rings. The van der Waals surface area contributed by atoms with Crippen molar-refractivity contribution in [3.63, 3.8) is 0 Å². The molecule has 0 aromatic heterocycles. The first kappa shape index (κ1) is 19.0. The molecule has 25 heavy (non-hydrogen) atoms. The Hall–Kier alpha value is -2.38. The Balaban J connectivity index is 2.32. The average Bonchev–Trinajstić information content (AvgIpc) is 2.57. The van der Waals surface area contributed by atoms with E-state index in [-0.39, 0.29) is 16.5 Å². The van der Waals surface area contributed by atoms with Crippen LogP contribution in [0.15, 0.2) is 47.4 Å². The maximum absolute atomic E-state index is 12.6. The average molecular weight is 361 g/mol. The highest BCUT2D eigenvalue weighted by Gasteiger charge is 2.24. The summed E-state index contributed by atoms with van der Waals surface area (Å²) in [5, 5.41) is 2.77. The fourth-order valence-corrected chi connectivity index (χ4v) is 3.62. The summed E-state index contributed by atoms with van der Waals surface area (Å²) in [7, 11) is -2.13. The largest absolute Gasteiger partial charge is 0.399 e. The molecule has 3 N–H and O–H groups in total. The van der Waals surface area contributed by atoms with Gasteiger partial charge in [0.1, 0.15) is 0 Å². The van der Waals surface area contributed by atoms with Crippen LogP contribution in [0.3, 0.4) is 0 Å². The lowest BCUT2D eigenvalue weighted by molar-refractivity contribution is 0.102. The van der Waals surface area contributed by atoms with Crippen LogP contribution < -0.4 is 11.1 Å². The van der Waals surface area contributed by atoms with Gasteiger partial charge >= 0.3 is 0 Å². The van der Waals surface area contributed by atoms with Crippen molar-refractivity contribution < 1.29 is 13.2 Å². The summed E-state index contributed by atoms with van der Waals surface area (Å²) in [4.78, 5) is 12.6. The number of hydrogen-bond donors (Lipinski definition) is 2. The van der Waals surface area contributed by atoms with Crippen LogP contribution in [0.1, 0.15) is 29.8 Å². The summed E-state index contributed by atoms with van der Waals surface area (Å²) in [6.07, 6.45) is 0. The molecular formula is C18H23N3O3S. The van der Waals surface area contributed by atoms with Crippen molar-refractivity contribution in [3.05, 3.63) is 53.6 Å². The number of hydrogen-bond acceptors (Lipinski definition) is 4. The summed E-state index contributed by atoms with van der Waals surface area (Å²) >= 11 is 0. The van der Waals surface area contributed by atoms with Crippen molar-refractivity contribution in [2.75, 3.05) is 18.1 Å². The third-order valence-corrected chi connectivity index (χ3v) is 6.04. The van der Waals surface area contributed by atoms with E-state index in [2.05, 4.69) is 5.32 Å². The normalized spacial score (nSPS) is 11.8. The van der Waals surface area contributed by atoms with Crippen molar-refractivity contribution in [2.45, 2.75) is 31.7 Å². The Bertz CT molecular complexity index is 892. The van der Waals surface area contributed by atoms with Crippen molar-refractivity contribution in [3.8, 4) is 0 Å². The molecule has 2 rings (SSSR count). The second-order valence-electron chi connectivity index (χ2n) is 6.17. The molecule has 0 unspecified atom stereocenters. The summed E-state index contributed by atoms with van der Waals surface area (Å²) in [6.45, 7) is 5.43. The molecule has 1 amide bonds. The lowest BCUT2D eigenvalue weighted by Crippen LogP contribution is -2.33. The van der Waals surface area contributed by atoms with Crippen molar-refractivity contribution in [1.82, 2.24) is 4.31 Å². The zero-order valence-electron chi connectivity index (χ0n) is 14.8. The molecule has 0 spiro atoms. The standard InChI is InChI=1S/C18H23N3O3S/c1-12(2)21(4)25(23,24)16-7-5-6-14(10-16)18(22)20-17-11-15(19)9-8-13(17)3/h5-12H,19H2,1-4H3,(H,20,22). The van der Waals surface area contributed by atoms with E-state index in [1.54, 1.807) is 38.1 Å². The first-order valence-electron chi connectivity index (χ1n) is 7.88. The van der Waals surface area contributed by atoms with Crippen LogP contribution >= 0.6 is 0 Å². The molecule has 0 bridgehead atoms. The minimum Gasteiger partial charge on any atom is -0.399 e. The van der Waals surface area contributed by atoms with Crippen LogP contribution in [0.2, 0.25) is 0 Å². The number of carbonyl (C=O) groups excluding carboxylic acids is 1. The predicted molar refractivity (Wildman–Crippen MR) is 100 cm³/mol. The topological polar surface area (TPSA) is 92.5 Å². The summed E-state index contributed by atoms with van der Waals surface area (Å²) < 4.78 is 26.4. The third-order valence-electron chi connectivity index (χ3n) is 4.01. The number of nitrogen functional groups attached to an aromatic ring is 1.